The highest BCUT2D eigenvalue weighted by Crippen LogP contribution is 2.44. The van der Waals surface area contributed by atoms with E-state index in [0.717, 1.165) is 17.5 Å². The lowest BCUT2D eigenvalue weighted by Gasteiger charge is -2.42. The number of benzene rings is 2. The average Bonchev–Trinajstić information content (AvgIpc) is 3.09. The Balaban J connectivity index is 1.36. The van der Waals surface area contributed by atoms with Crippen LogP contribution < -0.4 is 5.32 Å². The number of carboxylic acid groups (broad SMARTS) is 1. The lowest BCUT2D eigenvalue weighted by atomic mass is 9.74. The minimum atomic E-state index is -0.940. The molecule has 2 aromatic rings. The molecule has 33 heavy (non-hydrogen) atoms. The van der Waals surface area contributed by atoms with Gasteiger partial charge in [0, 0.05) is 19.5 Å². The molecule has 174 valence electrons. The molecule has 0 aliphatic heterocycles. The molecule has 7 heteroatoms. The summed E-state index contributed by atoms with van der Waals surface area (Å²) < 4.78 is 5.66. The van der Waals surface area contributed by atoms with Gasteiger partial charge in [-0.1, -0.05) is 55.5 Å². The van der Waals surface area contributed by atoms with Crippen LogP contribution in [0.5, 0.6) is 0 Å². The van der Waals surface area contributed by atoms with Crippen molar-refractivity contribution >= 4 is 18.0 Å². The quantitative estimate of drug-likeness (QED) is 0.633. The molecule has 2 aromatic carbocycles. The smallest absolute Gasteiger partial charge is 0.407 e. The van der Waals surface area contributed by atoms with Crippen molar-refractivity contribution in [2.45, 2.75) is 44.1 Å². The number of ether oxygens (including phenoxy) is 1. The number of aliphatic carboxylic acids is 1. The molecule has 1 fully saturated rings. The Kier molecular flexibility index (Phi) is 6.40. The van der Waals surface area contributed by atoms with E-state index >= 15 is 0 Å². The number of carbonyl (C=O) groups is 3. The standard InChI is InChI=1S/C26H30N2O5/c1-17(24(30)31)15-28(2)23(29)14-26(12-7-13-26)27-25(32)33-16-22-20-10-5-3-8-18(20)19-9-4-6-11-21(19)22/h3-6,8-11,17,22H,7,12-16H2,1-2H3,(H,27,32)(H,30,31). The first-order valence-electron chi connectivity index (χ1n) is 11.4. The molecule has 0 bridgehead atoms. The number of carboxylic acids is 1. The molecule has 1 atom stereocenters. The summed E-state index contributed by atoms with van der Waals surface area (Å²) in [4.78, 5) is 37.9. The van der Waals surface area contributed by atoms with Gasteiger partial charge in [-0.2, -0.15) is 0 Å². The molecular weight excluding hydrogens is 420 g/mol. The second kappa shape index (κ2) is 9.25. The normalized spacial score (nSPS) is 16.7. The SMILES string of the molecule is CC(CN(C)C(=O)CC1(NC(=O)OCC2c3ccccc3-c3ccccc32)CCC1)C(=O)O. The maximum absolute atomic E-state index is 12.7. The first-order chi connectivity index (χ1) is 15.8. The van der Waals surface area contributed by atoms with E-state index in [9.17, 15) is 14.4 Å². The number of hydrogen-bond acceptors (Lipinski definition) is 4. The molecule has 1 unspecified atom stereocenters. The van der Waals surface area contributed by atoms with E-state index in [1.54, 1.807) is 14.0 Å². The van der Waals surface area contributed by atoms with Crippen LogP contribution in [-0.2, 0) is 14.3 Å². The zero-order valence-corrected chi connectivity index (χ0v) is 19.0. The third-order valence-electron chi connectivity index (χ3n) is 6.91. The van der Waals surface area contributed by atoms with E-state index in [0.29, 0.717) is 12.8 Å². The predicted octanol–water partition coefficient (Wildman–Crippen LogP) is 4.02. The fraction of sp³-hybridized carbons (Fsp3) is 0.423. The number of nitrogens with one attached hydrogen (secondary N) is 1. The fourth-order valence-electron chi connectivity index (χ4n) is 4.82. The van der Waals surface area contributed by atoms with E-state index in [2.05, 4.69) is 29.6 Å². The molecule has 0 saturated heterocycles. The first-order valence-corrected chi connectivity index (χ1v) is 11.4. The summed E-state index contributed by atoms with van der Waals surface area (Å²) in [6.07, 6.45) is 1.94. The Labute approximate surface area is 193 Å². The summed E-state index contributed by atoms with van der Waals surface area (Å²) in [7, 11) is 1.60. The second-order valence-corrected chi connectivity index (χ2v) is 9.27. The summed E-state index contributed by atoms with van der Waals surface area (Å²) in [6, 6.07) is 16.3. The van der Waals surface area contributed by atoms with Gasteiger partial charge in [-0.25, -0.2) is 4.79 Å². The number of alkyl carbamates (subject to hydrolysis) is 1. The van der Waals surface area contributed by atoms with Crippen LogP contribution in [0.3, 0.4) is 0 Å². The Bertz CT molecular complexity index is 1020. The molecule has 0 heterocycles. The summed E-state index contributed by atoms with van der Waals surface area (Å²) in [5.41, 5.74) is 4.01. The Morgan fingerprint density at radius 3 is 2.18 bits per heavy atom. The van der Waals surface area contributed by atoms with Crippen LogP contribution in [0.2, 0.25) is 0 Å². The van der Waals surface area contributed by atoms with E-state index < -0.39 is 23.5 Å². The van der Waals surface area contributed by atoms with Gasteiger partial charge in [-0.15, -0.1) is 0 Å². The van der Waals surface area contributed by atoms with Crippen LogP contribution >= 0.6 is 0 Å². The zero-order chi connectivity index (χ0) is 23.6. The molecule has 2 N–H and O–H groups in total. The molecular formula is C26H30N2O5. The zero-order valence-electron chi connectivity index (χ0n) is 19.0. The number of nitrogens with zero attached hydrogens (tertiary/aromatic N) is 1. The van der Waals surface area contributed by atoms with E-state index in [4.69, 9.17) is 9.84 Å². The van der Waals surface area contributed by atoms with Gasteiger partial charge in [-0.05, 0) is 41.5 Å². The third-order valence-corrected chi connectivity index (χ3v) is 6.91. The number of carbonyl (C=O) groups excluding carboxylic acids is 2. The fourth-order valence-corrected chi connectivity index (χ4v) is 4.82. The van der Waals surface area contributed by atoms with Crippen LogP contribution in [0.4, 0.5) is 4.79 Å². The van der Waals surface area contributed by atoms with Gasteiger partial charge in [0.15, 0.2) is 0 Å². The van der Waals surface area contributed by atoms with Gasteiger partial charge < -0.3 is 20.1 Å². The molecule has 2 aliphatic carbocycles. The molecule has 0 aromatic heterocycles. The summed E-state index contributed by atoms with van der Waals surface area (Å²) >= 11 is 0. The van der Waals surface area contributed by atoms with Gasteiger partial charge in [0.25, 0.3) is 0 Å². The Morgan fingerprint density at radius 1 is 1.09 bits per heavy atom. The highest BCUT2D eigenvalue weighted by atomic mass is 16.5. The van der Waals surface area contributed by atoms with E-state index in [-0.39, 0.29) is 31.4 Å². The molecule has 0 spiro atoms. The maximum Gasteiger partial charge on any atom is 0.407 e. The summed E-state index contributed by atoms with van der Waals surface area (Å²) in [6.45, 7) is 1.93. The monoisotopic (exact) mass is 450 g/mol. The number of fused-ring (bicyclic) bond motifs is 3. The minimum Gasteiger partial charge on any atom is -0.481 e. The van der Waals surface area contributed by atoms with Crippen LogP contribution in [0.15, 0.2) is 48.5 Å². The molecule has 2 amide bonds. The predicted molar refractivity (Wildman–Crippen MR) is 124 cm³/mol. The minimum absolute atomic E-state index is 0.0224. The molecule has 2 aliphatic rings. The van der Waals surface area contributed by atoms with Gasteiger partial charge in [0.05, 0.1) is 17.9 Å². The van der Waals surface area contributed by atoms with Crippen LogP contribution in [0, 0.1) is 5.92 Å². The second-order valence-electron chi connectivity index (χ2n) is 9.27. The van der Waals surface area contributed by atoms with Gasteiger partial charge in [0.2, 0.25) is 5.91 Å². The number of rotatable bonds is 8. The largest absolute Gasteiger partial charge is 0.481 e. The number of amides is 2. The van der Waals surface area contributed by atoms with E-state index in [1.807, 2.05) is 24.3 Å². The summed E-state index contributed by atoms with van der Waals surface area (Å²) in [5.74, 6) is -1.79. The van der Waals surface area contributed by atoms with Gasteiger partial charge >= 0.3 is 12.1 Å². The maximum atomic E-state index is 12.7. The Morgan fingerprint density at radius 2 is 1.67 bits per heavy atom. The van der Waals surface area contributed by atoms with Crippen molar-refractivity contribution in [1.82, 2.24) is 10.2 Å². The summed E-state index contributed by atoms with van der Waals surface area (Å²) in [5, 5.41) is 12.0. The molecule has 7 nitrogen and oxygen atoms in total. The highest BCUT2D eigenvalue weighted by molar-refractivity contribution is 5.81. The highest BCUT2D eigenvalue weighted by Gasteiger charge is 2.42. The van der Waals surface area contributed by atoms with Crippen molar-refractivity contribution in [2.24, 2.45) is 5.92 Å². The van der Waals surface area contributed by atoms with Crippen LogP contribution in [0.1, 0.15) is 49.7 Å². The third kappa shape index (κ3) is 4.72. The average molecular weight is 451 g/mol. The van der Waals surface area contributed by atoms with Gasteiger partial charge in [-0.3, -0.25) is 9.59 Å². The van der Waals surface area contributed by atoms with Crippen molar-refractivity contribution in [2.75, 3.05) is 20.2 Å². The molecule has 4 rings (SSSR count). The lowest BCUT2D eigenvalue weighted by molar-refractivity contribution is -0.143. The van der Waals surface area contributed by atoms with Crippen LogP contribution in [0.25, 0.3) is 11.1 Å². The van der Waals surface area contributed by atoms with Crippen molar-refractivity contribution in [3.63, 3.8) is 0 Å². The van der Waals surface area contributed by atoms with Crippen molar-refractivity contribution in [3.8, 4) is 11.1 Å². The lowest BCUT2D eigenvalue weighted by Crippen LogP contribution is -2.56. The van der Waals surface area contributed by atoms with Crippen molar-refractivity contribution in [3.05, 3.63) is 59.7 Å². The van der Waals surface area contributed by atoms with Crippen molar-refractivity contribution in [1.29, 1.82) is 0 Å². The first kappa shape index (κ1) is 22.8. The van der Waals surface area contributed by atoms with Gasteiger partial charge in [0.1, 0.15) is 6.61 Å². The van der Waals surface area contributed by atoms with Crippen LogP contribution in [-0.4, -0.2) is 53.7 Å². The molecule has 0 radical (unpaired) electrons. The number of hydrogen-bond donors (Lipinski definition) is 2. The Hall–Kier alpha value is -3.35. The molecule has 1 saturated carbocycles. The van der Waals surface area contributed by atoms with Crippen molar-refractivity contribution < 1.29 is 24.2 Å². The topological polar surface area (TPSA) is 95.9 Å². The van der Waals surface area contributed by atoms with E-state index in [1.165, 1.54) is 16.0 Å².